The van der Waals surface area contributed by atoms with Crippen molar-refractivity contribution in [3.63, 3.8) is 0 Å². The quantitative estimate of drug-likeness (QED) is 0.813. The summed E-state index contributed by atoms with van der Waals surface area (Å²) in [6.45, 7) is 11.3. The molecule has 1 aliphatic rings. The molecule has 0 bridgehead atoms. The van der Waals surface area contributed by atoms with Crippen molar-refractivity contribution in [1.82, 2.24) is 19.9 Å². The first-order valence-corrected chi connectivity index (χ1v) is 9.64. The Morgan fingerprint density at radius 3 is 2.57 bits per heavy atom. The third kappa shape index (κ3) is 4.24. The van der Waals surface area contributed by atoms with E-state index in [1.54, 1.807) is 4.90 Å². The maximum atomic E-state index is 12.7. The van der Waals surface area contributed by atoms with Crippen molar-refractivity contribution in [2.45, 2.75) is 47.1 Å². The van der Waals surface area contributed by atoms with Gasteiger partial charge in [-0.05, 0) is 25.5 Å². The average molecular weight is 384 g/mol. The van der Waals surface area contributed by atoms with Gasteiger partial charge in [0, 0.05) is 36.7 Å². The van der Waals surface area contributed by atoms with E-state index in [4.69, 9.17) is 4.52 Å². The van der Waals surface area contributed by atoms with E-state index < -0.39 is 5.41 Å². The van der Waals surface area contributed by atoms with Crippen LogP contribution in [0.4, 0.5) is 0 Å². The van der Waals surface area contributed by atoms with E-state index in [2.05, 4.69) is 10.1 Å². The summed E-state index contributed by atoms with van der Waals surface area (Å²) in [6.07, 6.45) is 0.0926. The largest absolute Gasteiger partial charge is 0.338 e. The second-order valence-electron chi connectivity index (χ2n) is 8.44. The number of hydrogen-bond donors (Lipinski definition) is 0. The van der Waals surface area contributed by atoms with Gasteiger partial charge in [0.1, 0.15) is 0 Å². The molecule has 1 aromatic carbocycles. The Bertz CT molecular complexity index is 869. The molecular formula is C21H28N4O3. The molecule has 1 fully saturated rings. The first-order chi connectivity index (χ1) is 13.2. The van der Waals surface area contributed by atoms with E-state index in [0.29, 0.717) is 31.3 Å². The molecule has 0 aliphatic carbocycles. The molecule has 1 atom stereocenters. The van der Waals surface area contributed by atoms with Gasteiger partial charge in [0.05, 0.1) is 6.42 Å². The maximum Gasteiger partial charge on any atom is 0.258 e. The van der Waals surface area contributed by atoms with E-state index in [1.807, 2.05) is 63.8 Å². The fourth-order valence-corrected chi connectivity index (χ4v) is 3.41. The summed E-state index contributed by atoms with van der Waals surface area (Å²) in [4.78, 5) is 33.3. The van der Waals surface area contributed by atoms with Crippen LogP contribution in [-0.4, -0.2) is 57.4 Å². The number of aromatic nitrogens is 2. The minimum Gasteiger partial charge on any atom is -0.338 e. The van der Waals surface area contributed by atoms with E-state index in [9.17, 15) is 9.59 Å². The predicted octanol–water partition coefficient (Wildman–Crippen LogP) is 2.69. The van der Waals surface area contributed by atoms with Crippen molar-refractivity contribution in [2.24, 2.45) is 5.41 Å². The number of carbonyl (C=O) groups excluding carboxylic acids is 2. The molecule has 0 saturated carbocycles. The molecule has 1 saturated heterocycles. The summed E-state index contributed by atoms with van der Waals surface area (Å²) in [6, 6.07) is 7.74. The predicted molar refractivity (Wildman–Crippen MR) is 105 cm³/mol. The third-order valence-electron chi connectivity index (χ3n) is 5.04. The van der Waals surface area contributed by atoms with Crippen molar-refractivity contribution < 1.29 is 14.1 Å². The standard InChI is InChI=1S/C21H28N4O3/c1-14-8-6-7-9-16(14)19-22-17(23-28-19)12-18(26)24-10-11-25(15(2)13-24)20(27)21(3,4)5/h6-9,15H,10-13H2,1-5H3/t15-/m0/s1. The molecule has 2 aromatic rings. The first-order valence-electron chi connectivity index (χ1n) is 9.64. The smallest absolute Gasteiger partial charge is 0.258 e. The Morgan fingerprint density at radius 1 is 1.21 bits per heavy atom. The van der Waals surface area contributed by atoms with Crippen molar-refractivity contribution in [3.8, 4) is 11.5 Å². The fourth-order valence-electron chi connectivity index (χ4n) is 3.41. The maximum absolute atomic E-state index is 12.7. The van der Waals surface area contributed by atoms with Crippen LogP contribution < -0.4 is 0 Å². The molecule has 0 radical (unpaired) electrons. The molecule has 0 N–H and O–H groups in total. The van der Waals surface area contributed by atoms with Gasteiger partial charge in [0.2, 0.25) is 11.8 Å². The fraction of sp³-hybridized carbons (Fsp3) is 0.524. The number of piperazine rings is 1. The van der Waals surface area contributed by atoms with Gasteiger partial charge in [-0.3, -0.25) is 9.59 Å². The molecule has 0 spiro atoms. The highest BCUT2D eigenvalue weighted by Gasteiger charge is 2.35. The van der Waals surface area contributed by atoms with Crippen LogP contribution in [0.1, 0.15) is 39.1 Å². The highest BCUT2D eigenvalue weighted by atomic mass is 16.5. The SMILES string of the molecule is Cc1ccccc1-c1nc(CC(=O)N2CCN(C(=O)C(C)(C)C)[C@@H](C)C2)no1. The molecule has 1 aliphatic heterocycles. The van der Waals surface area contributed by atoms with Crippen molar-refractivity contribution >= 4 is 11.8 Å². The number of aryl methyl sites for hydroxylation is 1. The Kier molecular flexibility index (Phi) is 5.54. The topological polar surface area (TPSA) is 79.5 Å². The lowest BCUT2D eigenvalue weighted by molar-refractivity contribution is -0.148. The van der Waals surface area contributed by atoms with Crippen LogP contribution in [0.25, 0.3) is 11.5 Å². The minimum atomic E-state index is -0.420. The molecule has 7 heteroatoms. The summed E-state index contributed by atoms with van der Waals surface area (Å²) in [7, 11) is 0. The monoisotopic (exact) mass is 384 g/mol. The lowest BCUT2D eigenvalue weighted by Gasteiger charge is -2.42. The van der Waals surface area contributed by atoms with E-state index in [0.717, 1.165) is 11.1 Å². The number of carbonyl (C=O) groups is 2. The second-order valence-corrected chi connectivity index (χ2v) is 8.44. The number of rotatable bonds is 3. The van der Waals surface area contributed by atoms with Crippen LogP contribution in [0.5, 0.6) is 0 Å². The summed E-state index contributed by atoms with van der Waals surface area (Å²) in [5.41, 5.74) is 1.49. The Balaban J connectivity index is 1.62. The second kappa shape index (κ2) is 7.73. The van der Waals surface area contributed by atoms with Crippen LogP contribution in [0, 0.1) is 12.3 Å². The van der Waals surface area contributed by atoms with Crippen LogP contribution in [0.3, 0.4) is 0 Å². The Hall–Kier alpha value is -2.70. The Morgan fingerprint density at radius 2 is 1.93 bits per heavy atom. The van der Waals surface area contributed by atoms with Gasteiger partial charge in [-0.25, -0.2) is 0 Å². The molecule has 28 heavy (non-hydrogen) atoms. The first kappa shape index (κ1) is 20.0. The molecule has 3 rings (SSSR count). The number of hydrogen-bond acceptors (Lipinski definition) is 5. The molecule has 0 unspecified atom stereocenters. The highest BCUT2D eigenvalue weighted by Crippen LogP contribution is 2.23. The van der Waals surface area contributed by atoms with Crippen molar-refractivity contribution in [3.05, 3.63) is 35.7 Å². The molecule has 150 valence electrons. The zero-order valence-electron chi connectivity index (χ0n) is 17.2. The van der Waals surface area contributed by atoms with E-state index >= 15 is 0 Å². The van der Waals surface area contributed by atoms with Gasteiger partial charge >= 0.3 is 0 Å². The molecule has 2 amide bonds. The van der Waals surface area contributed by atoms with Crippen molar-refractivity contribution in [2.75, 3.05) is 19.6 Å². The zero-order valence-corrected chi connectivity index (χ0v) is 17.2. The van der Waals surface area contributed by atoms with E-state index in [-0.39, 0.29) is 24.3 Å². The lowest BCUT2D eigenvalue weighted by Crippen LogP contribution is -2.57. The summed E-state index contributed by atoms with van der Waals surface area (Å²) in [5, 5.41) is 3.96. The van der Waals surface area contributed by atoms with Crippen molar-refractivity contribution in [1.29, 1.82) is 0 Å². The van der Waals surface area contributed by atoms with Gasteiger partial charge in [-0.2, -0.15) is 4.98 Å². The van der Waals surface area contributed by atoms with Gasteiger partial charge in [0.15, 0.2) is 5.82 Å². The molecule has 1 aromatic heterocycles. The number of amides is 2. The molecule has 2 heterocycles. The van der Waals surface area contributed by atoms with Gasteiger partial charge in [0.25, 0.3) is 5.89 Å². The normalized spacial score (nSPS) is 17.7. The van der Waals surface area contributed by atoms with Gasteiger partial charge < -0.3 is 14.3 Å². The highest BCUT2D eigenvalue weighted by molar-refractivity contribution is 5.83. The van der Waals surface area contributed by atoms with Crippen LogP contribution in [0.15, 0.2) is 28.8 Å². The summed E-state index contributed by atoms with van der Waals surface area (Å²) < 4.78 is 5.34. The Labute approximate surface area is 165 Å². The minimum absolute atomic E-state index is 0.0165. The number of benzene rings is 1. The third-order valence-corrected chi connectivity index (χ3v) is 5.04. The van der Waals surface area contributed by atoms with Crippen LogP contribution in [0.2, 0.25) is 0 Å². The summed E-state index contributed by atoms with van der Waals surface area (Å²) in [5.74, 6) is 0.874. The van der Waals surface area contributed by atoms with Crippen LogP contribution >= 0.6 is 0 Å². The van der Waals surface area contributed by atoms with Gasteiger partial charge in [-0.15, -0.1) is 0 Å². The van der Waals surface area contributed by atoms with Crippen LogP contribution in [-0.2, 0) is 16.0 Å². The molecular weight excluding hydrogens is 356 g/mol. The van der Waals surface area contributed by atoms with Gasteiger partial charge in [-0.1, -0.05) is 44.1 Å². The van der Waals surface area contributed by atoms with E-state index in [1.165, 1.54) is 0 Å². The molecule has 7 nitrogen and oxygen atoms in total. The number of nitrogens with zero attached hydrogens (tertiary/aromatic N) is 4. The average Bonchev–Trinajstić information content (AvgIpc) is 3.08. The summed E-state index contributed by atoms with van der Waals surface area (Å²) >= 11 is 0. The lowest BCUT2D eigenvalue weighted by atomic mass is 9.93. The zero-order chi connectivity index (χ0) is 20.5.